The topological polar surface area (TPSA) is 73.9 Å². The molecule has 0 aliphatic heterocycles. The average molecular weight is 230 g/mol. The molecule has 1 aromatic heterocycles. The summed E-state index contributed by atoms with van der Waals surface area (Å²) < 4.78 is 5.44. The Morgan fingerprint density at radius 3 is 2.41 bits per heavy atom. The van der Waals surface area contributed by atoms with Crippen molar-refractivity contribution in [3.63, 3.8) is 0 Å². The first kappa shape index (κ1) is 11.3. The van der Waals surface area contributed by atoms with Crippen molar-refractivity contribution in [3.05, 3.63) is 41.2 Å². The van der Waals surface area contributed by atoms with Gasteiger partial charge in [0, 0.05) is 5.69 Å². The summed E-state index contributed by atoms with van der Waals surface area (Å²) in [5.74, 6) is 0. The van der Waals surface area contributed by atoms with Crippen LogP contribution in [0, 0.1) is 13.8 Å². The summed E-state index contributed by atoms with van der Waals surface area (Å²) >= 11 is 0. The van der Waals surface area contributed by atoms with Crippen LogP contribution in [0.25, 0.3) is 0 Å². The number of aryl methyl sites for hydroxylation is 2. The summed E-state index contributed by atoms with van der Waals surface area (Å²) in [5, 5.41) is 7.81. The molecule has 17 heavy (non-hydrogen) atoms. The second kappa shape index (κ2) is 4.78. The number of anilines is 1. The number of rotatable bonds is 3. The number of hydrogen-bond donors (Lipinski definition) is 1. The lowest BCUT2D eigenvalue weighted by Gasteiger charge is -2.05. The molecule has 0 atom stereocenters. The van der Waals surface area contributed by atoms with Crippen LogP contribution in [-0.2, 0) is 6.61 Å². The number of aromatic nitrogens is 3. The van der Waals surface area contributed by atoms with Crippen molar-refractivity contribution in [1.82, 2.24) is 15.2 Å². The van der Waals surface area contributed by atoms with Gasteiger partial charge in [-0.05, 0) is 31.5 Å². The van der Waals surface area contributed by atoms with Crippen molar-refractivity contribution in [2.45, 2.75) is 20.5 Å². The molecular formula is C12H14N4O. The van der Waals surface area contributed by atoms with E-state index in [9.17, 15) is 0 Å². The third-order valence-electron chi connectivity index (χ3n) is 2.42. The van der Waals surface area contributed by atoms with E-state index in [0.29, 0.717) is 12.6 Å². The van der Waals surface area contributed by atoms with Crippen LogP contribution in [0.15, 0.2) is 24.3 Å². The molecule has 2 rings (SSSR count). The van der Waals surface area contributed by atoms with Crippen LogP contribution in [0.1, 0.15) is 17.0 Å². The summed E-state index contributed by atoms with van der Waals surface area (Å²) in [6, 6.07) is 7.77. The van der Waals surface area contributed by atoms with Crippen molar-refractivity contribution >= 4 is 5.69 Å². The normalized spacial score (nSPS) is 10.2. The maximum atomic E-state index is 5.59. The minimum absolute atomic E-state index is 0.296. The van der Waals surface area contributed by atoms with Crippen molar-refractivity contribution in [2.24, 2.45) is 0 Å². The van der Waals surface area contributed by atoms with E-state index in [-0.39, 0.29) is 0 Å². The van der Waals surface area contributed by atoms with Gasteiger partial charge >= 0.3 is 6.01 Å². The van der Waals surface area contributed by atoms with Gasteiger partial charge in [-0.2, -0.15) is 4.98 Å². The molecule has 0 radical (unpaired) electrons. The molecule has 5 heteroatoms. The zero-order valence-electron chi connectivity index (χ0n) is 9.84. The summed E-state index contributed by atoms with van der Waals surface area (Å²) in [4.78, 5) is 4.18. The lowest BCUT2D eigenvalue weighted by molar-refractivity contribution is 0.275. The summed E-state index contributed by atoms with van der Waals surface area (Å²) in [5.41, 5.74) is 8.98. The summed E-state index contributed by atoms with van der Waals surface area (Å²) in [6.45, 7) is 4.14. The number of nitrogens with zero attached hydrogens (tertiary/aromatic N) is 3. The Balaban J connectivity index is 2.02. The molecule has 0 aliphatic rings. The lowest BCUT2D eigenvalue weighted by atomic mass is 10.2. The molecule has 0 spiro atoms. The molecule has 2 N–H and O–H groups in total. The molecule has 1 heterocycles. The van der Waals surface area contributed by atoms with Gasteiger partial charge in [0.2, 0.25) is 0 Å². The lowest BCUT2D eigenvalue weighted by Crippen LogP contribution is -2.03. The van der Waals surface area contributed by atoms with E-state index in [2.05, 4.69) is 15.2 Å². The van der Waals surface area contributed by atoms with Crippen molar-refractivity contribution < 1.29 is 4.74 Å². The Kier molecular flexibility index (Phi) is 3.18. The minimum atomic E-state index is 0.296. The van der Waals surface area contributed by atoms with Gasteiger partial charge in [0.15, 0.2) is 0 Å². The van der Waals surface area contributed by atoms with Gasteiger partial charge in [-0.3, -0.25) is 0 Å². The molecule has 88 valence electrons. The molecule has 0 bridgehead atoms. The Hall–Kier alpha value is -2.17. The van der Waals surface area contributed by atoms with E-state index < -0.39 is 0 Å². The van der Waals surface area contributed by atoms with Gasteiger partial charge in [-0.15, -0.1) is 5.10 Å². The molecule has 5 nitrogen and oxygen atoms in total. The molecule has 0 unspecified atom stereocenters. The van der Waals surface area contributed by atoms with E-state index in [1.54, 1.807) is 0 Å². The quantitative estimate of drug-likeness (QED) is 0.811. The van der Waals surface area contributed by atoms with E-state index >= 15 is 0 Å². The smallest absolute Gasteiger partial charge is 0.336 e. The first-order valence-electron chi connectivity index (χ1n) is 5.30. The molecule has 0 amide bonds. The summed E-state index contributed by atoms with van der Waals surface area (Å²) in [6.07, 6.45) is 0. The number of nitrogen functional groups attached to an aromatic ring is 1. The monoisotopic (exact) mass is 230 g/mol. The molecule has 0 saturated carbocycles. The SMILES string of the molecule is Cc1nnc(OCc2ccc(N)cc2)nc1C. The maximum absolute atomic E-state index is 5.59. The fourth-order valence-corrected chi connectivity index (χ4v) is 1.26. The van der Waals surface area contributed by atoms with Gasteiger partial charge in [0.1, 0.15) is 6.61 Å². The molecule has 1 aromatic carbocycles. The molecule has 2 aromatic rings. The van der Waals surface area contributed by atoms with Crippen LogP contribution in [0.5, 0.6) is 6.01 Å². The second-order valence-electron chi connectivity index (χ2n) is 3.80. The maximum Gasteiger partial charge on any atom is 0.336 e. The zero-order chi connectivity index (χ0) is 12.3. The van der Waals surface area contributed by atoms with Crippen LogP contribution < -0.4 is 10.5 Å². The van der Waals surface area contributed by atoms with Crippen molar-refractivity contribution in [1.29, 1.82) is 0 Å². The first-order chi connectivity index (χ1) is 8.15. The second-order valence-corrected chi connectivity index (χ2v) is 3.80. The molecular weight excluding hydrogens is 216 g/mol. The van der Waals surface area contributed by atoms with Crippen LogP contribution in [0.4, 0.5) is 5.69 Å². The predicted octanol–water partition coefficient (Wildman–Crippen LogP) is 1.65. The zero-order valence-corrected chi connectivity index (χ0v) is 9.84. The van der Waals surface area contributed by atoms with Gasteiger partial charge < -0.3 is 10.5 Å². The number of benzene rings is 1. The molecule has 0 fully saturated rings. The van der Waals surface area contributed by atoms with Crippen molar-refractivity contribution in [2.75, 3.05) is 5.73 Å². The van der Waals surface area contributed by atoms with E-state index in [0.717, 1.165) is 22.6 Å². The van der Waals surface area contributed by atoms with E-state index in [1.807, 2.05) is 38.1 Å². The highest BCUT2D eigenvalue weighted by Gasteiger charge is 2.02. The fraction of sp³-hybridized carbons (Fsp3) is 0.250. The van der Waals surface area contributed by atoms with Gasteiger partial charge in [0.05, 0.1) is 11.4 Å². The highest BCUT2D eigenvalue weighted by atomic mass is 16.5. The standard InChI is InChI=1S/C12H14N4O/c1-8-9(2)15-16-12(14-8)17-7-10-3-5-11(13)6-4-10/h3-6H,7,13H2,1-2H3. The number of hydrogen-bond acceptors (Lipinski definition) is 5. The van der Waals surface area contributed by atoms with E-state index in [4.69, 9.17) is 10.5 Å². The third kappa shape index (κ3) is 2.90. The number of nitrogens with two attached hydrogens (primary N) is 1. The van der Waals surface area contributed by atoms with E-state index in [1.165, 1.54) is 0 Å². The van der Waals surface area contributed by atoms with Gasteiger partial charge in [0.25, 0.3) is 0 Å². The Morgan fingerprint density at radius 1 is 1.06 bits per heavy atom. The van der Waals surface area contributed by atoms with Crippen LogP contribution in [0.2, 0.25) is 0 Å². The Morgan fingerprint density at radius 2 is 1.76 bits per heavy atom. The highest BCUT2D eigenvalue weighted by Crippen LogP contribution is 2.09. The van der Waals surface area contributed by atoms with Gasteiger partial charge in [-0.1, -0.05) is 17.2 Å². The molecule has 0 aliphatic carbocycles. The van der Waals surface area contributed by atoms with Crippen LogP contribution in [-0.4, -0.2) is 15.2 Å². The van der Waals surface area contributed by atoms with Crippen molar-refractivity contribution in [3.8, 4) is 6.01 Å². The Labute approximate surface area is 99.7 Å². The minimum Gasteiger partial charge on any atom is -0.458 e. The molecule has 0 saturated heterocycles. The third-order valence-corrected chi connectivity index (χ3v) is 2.42. The number of ether oxygens (including phenoxy) is 1. The Bertz CT molecular complexity index is 510. The highest BCUT2D eigenvalue weighted by molar-refractivity contribution is 5.39. The average Bonchev–Trinajstić information content (AvgIpc) is 2.33. The van der Waals surface area contributed by atoms with Crippen LogP contribution in [0.3, 0.4) is 0 Å². The predicted molar refractivity (Wildman–Crippen MR) is 64.5 cm³/mol. The van der Waals surface area contributed by atoms with Crippen LogP contribution >= 0.6 is 0 Å². The largest absolute Gasteiger partial charge is 0.458 e. The first-order valence-corrected chi connectivity index (χ1v) is 5.30. The fourth-order valence-electron chi connectivity index (χ4n) is 1.26. The van der Waals surface area contributed by atoms with Gasteiger partial charge in [-0.25, -0.2) is 0 Å². The summed E-state index contributed by atoms with van der Waals surface area (Å²) in [7, 11) is 0.